The molecule has 2 N–H and O–H groups in total. The van der Waals surface area contributed by atoms with Gasteiger partial charge in [-0.05, 0) is 44.3 Å². The summed E-state index contributed by atoms with van der Waals surface area (Å²) in [5.74, 6) is -0.296. The van der Waals surface area contributed by atoms with E-state index in [0.717, 1.165) is 11.3 Å². The average molecular weight is 423 g/mol. The van der Waals surface area contributed by atoms with Crippen LogP contribution in [0.5, 0.6) is 0 Å². The molecule has 2 aromatic heterocycles. The van der Waals surface area contributed by atoms with Crippen LogP contribution >= 0.6 is 23.6 Å². The van der Waals surface area contributed by atoms with Crippen LogP contribution in [0.3, 0.4) is 0 Å². The van der Waals surface area contributed by atoms with Gasteiger partial charge in [0.2, 0.25) is 0 Å². The van der Waals surface area contributed by atoms with Gasteiger partial charge in [0.1, 0.15) is 0 Å². The number of fused-ring (bicyclic) bond motifs is 1. The van der Waals surface area contributed by atoms with Crippen LogP contribution in [-0.4, -0.2) is 20.4 Å². The molecule has 0 bridgehead atoms. The molecule has 0 radical (unpaired) electrons. The van der Waals surface area contributed by atoms with Crippen LogP contribution in [0.15, 0.2) is 52.6 Å². The van der Waals surface area contributed by atoms with E-state index in [1.807, 2.05) is 43.5 Å². The van der Waals surface area contributed by atoms with E-state index in [9.17, 15) is 9.59 Å². The lowest BCUT2D eigenvalue weighted by atomic mass is 10.1. The SMILES string of the molecule is CCn1c(=S)[nH]c2cc(C(=O)Nc3nc(-c4ccc(C)cc4)cs3)ccc2c1=O. The largest absolute Gasteiger partial charge is 0.332 e. The van der Waals surface area contributed by atoms with E-state index in [1.165, 1.54) is 21.5 Å². The molecule has 6 nitrogen and oxygen atoms in total. The van der Waals surface area contributed by atoms with Crippen molar-refractivity contribution in [3.8, 4) is 11.3 Å². The number of nitrogens with zero attached hydrogens (tertiary/aromatic N) is 2. The Kier molecular flexibility index (Phi) is 5.12. The smallest absolute Gasteiger partial charge is 0.262 e. The van der Waals surface area contributed by atoms with Gasteiger partial charge in [-0.3, -0.25) is 19.5 Å². The summed E-state index contributed by atoms with van der Waals surface area (Å²) >= 11 is 6.60. The number of nitrogens with one attached hydrogen (secondary N) is 2. The van der Waals surface area contributed by atoms with Crippen molar-refractivity contribution in [3.05, 3.63) is 74.1 Å². The number of H-pyrrole nitrogens is 1. The third kappa shape index (κ3) is 3.76. The number of benzene rings is 2. The van der Waals surface area contributed by atoms with Gasteiger partial charge in [-0.15, -0.1) is 11.3 Å². The molecule has 4 aromatic rings. The molecule has 0 fully saturated rings. The Morgan fingerprint density at radius 1 is 1.24 bits per heavy atom. The van der Waals surface area contributed by atoms with Crippen LogP contribution in [0, 0.1) is 11.7 Å². The average Bonchev–Trinajstić information content (AvgIpc) is 3.16. The molecule has 0 spiro atoms. The molecule has 0 aliphatic carbocycles. The number of aryl methyl sites for hydroxylation is 1. The predicted molar refractivity (Wildman–Crippen MR) is 119 cm³/mol. The minimum absolute atomic E-state index is 0.166. The van der Waals surface area contributed by atoms with Crippen molar-refractivity contribution in [3.63, 3.8) is 0 Å². The van der Waals surface area contributed by atoms with Gasteiger partial charge in [0.05, 0.1) is 16.6 Å². The number of rotatable bonds is 4. The van der Waals surface area contributed by atoms with E-state index >= 15 is 0 Å². The summed E-state index contributed by atoms with van der Waals surface area (Å²) in [4.78, 5) is 32.7. The highest BCUT2D eigenvalue weighted by Gasteiger charge is 2.12. The first-order chi connectivity index (χ1) is 14.0. The van der Waals surface area contributed by atoms with Crippen LogP contribution < -0.4 is 10.9 Å². The van der Waals surface area contributed by atoms with Gasteiger partial charge in [-0.1, -0.05) is 29.8 Å². The number of amides is 1. The van der Waals surface area contributed by atoms with Crippen molar-refractivity contribution in [2.75, 3.05) is 5.32 Å². The van der Waals surface area contributed by atoms with E-state index in [0.29, 0.717) is 32.9 Å². The maximum Gasteiger partial charge on any atom is 0.262 e. The van der Waals surface area contributed by atoms with Crippen molar-refractivity contribution < 1.29 is 4.79 Å². The maximum absolute atomic E-state index is 12.7. The van der Waals surface area contributed by atoms with Gasteiger partial charge in [0.15, 0.2) is 9.90 Å². The standard InChI is InChI=1S/C21H18N4O2S2/c1-3-25-19(27)15-9-8-14(10-16(15)23-21(25)28)18(26)24-20-22-17(11-29-20)13-6-4-12(2)5-7-13/h4-11H,3H2,1-2H3,(H,23,28)(H,22,24,26). The summed E-state index contributed by atoms with van der Waals surface area (Å²) in [6.45, 7) is 4.38. The topological polar surface area (TPSA) is 79.8 Å². The quantitative estimate of drug-likeness (QED) is 0.465. The van der Waals surface area contributed by atoms with E-state index in [4.69, 9.17) is 12.2 Å². The Morgan fingerprint density at radius 3 is 2.72 bits per heavy atom. The second-order valence-electron chi connectivity index (χ2n) is 6.60. The third-order valence-corrected chi connectivity index (χ3v) is 5.71. The molecule has 0 atom stereocenters. The molecule has 8 heteroatoms. The number of aromatic amines is 1. The Balaban J connectivity index is 1.60. The molecule has 2 aromatic carbocycles. The summed E-state index contributed by atoms with van der Waals surface area (Å²) in [6, 6.07) is 13.0. The Labute approximate surface area is 175 Å². The van der Waals surface area contributed by atoms with Gasteiger partial charge in [-0.25, -0.2) is 4.98 Å². The minimum Gasteiger partial charge on any atom is -0.332 e. The van der Waals surface area contributed by atoms with Crippen molar-refractivity contribution in [2.24, 2.45) is 0 Å². The lowest BCUT2D eigenvalue weighted by Crippen LogP contribution is -2.21. The summed E-state index contributed by atoms with van der Waals surface area (Å²) < 4.78 is 1.82. The molecule has 0 unspecified atom stereocenters. The zero-order valence-corrected chi connectivity index (χ0v) is 17.5. The monoisotopic (exact) mass is 422 g/mol. The number of hydrogen-bond donors (Lipinski definition) is 2. The summed E-state index contributed by atoms with van der Waals surface area (Å²) in [7, 11) is 0. The molecule has 0 aliphatic rings. The lowest BCUT2D eigenvalue weighted by molar-refractivity contribution is 0.102. The number of aromatic nitrogens is 3. The highest BCUT2D eigenvalue weighted by Crippen LogP contribution is 2.25. The molecular weight excluding hydrogens is 404 g/mol. The number of anilines is 1. The fraction of sp³-hybridized carbons (Fsp3) is 0.143. The third-order valence-electron chi connectivity index (χ3n) is 4.63. The Bertz CT molecular complexity index is 1330. The first kappa shape index (κ1) is 19.2. The fourth-order valence-corrected chi connectivity index (χ4v) is 4.08. The zero-order chi connectivity index (χ0) is 20.5. The Hall–Kier alpha value is -3.10. The first-order valence-corrected chi connectivity index (χ1v) is 10.4. The molecule has 0 saturated heterocycles. The Morgan fingerprint density at radius 2 is 2.00 bits per heavy atom. The minimum atomic E-state index is -0.296. The molecule has 146 valence electrons. The van der Waals surface area contributed by atoms with Gasteiger partial charge >= 0.3 is 0 Å². The summed E-state index contributed by atoms with van der Waals surface area (Å²) in [5, 5.41) is 5.74. The molecular formula is C21H18N4O2S2. The molecule has 1 amide bonds. The number of thiazole rings is 1. The fourth-order valence-electron chi connectivity index (χ4n) is 3.04. The molecule has 0 saturated carbocycles. The van der Waals surface area contributed by atoms with Gasteiger partial charge in [0, 0.05) is 23.1 Å². The normalized spacial score (nSPS) is 11.0. The van der Waals surface area contributed by atoms with Crippen LogP contribution in [0.25, 0.3) is 22.2 Å². The second-order valence-corrected chi connectivity index (χ2v) is 7.84. The van der Waals surface area contributed by atoms with Crippen LogP contribution in [0.4, 0.5) is 5.13 Å². The van der Waals surface area contributed by atoms with Crippen molar-refractivity contribution in [1.29, 1.82) is 0 Å². The van der Waals surface area contributed by atoms with Crippen LogP contribution in [0.2, 0.25) is 0 Å². The van der Waals surface area contributed by atoms with Crippen molar-refractivity contribution in [2.45, 2.75) is 20.4 Å². The number of carbonyl (C=O) groups excluding carboxylic acids is 1. The van der Waals surface area contributed by atoms with E-state index < -0.39 is 0 Å². The van der Waals surface area contributed by atoms with E-state index in [1.54, 1.807) is 18.2 Å². The van der Waals surface area contributed by atoms with E-state index in [-0.39, 0.29) is 11.5 Å². The van der Waals surface area contributed by atoms with Crippen LogP contribution in [-0.2, 0) is 6.54 Å². The highest BCUT2D eigenvalue weighted by molar-refractivity contribution is 7.71. The second kappa shape index (κ2) is 7.73. The van der Waals surface area contributed by atoms with Gasteiger partial charge < -0.3 is 4.98 Å². The van der Waals surface area contributed by atoms with Gasteiger partial charge in [-0.2, -0.15) is 0 Å². The molecule has 0 aliphatic heterocycles. The maximum atomic E-state index is 12.7. The predicted octanol–water partition coefficient (Wildman–Crippen LogP) is 4.76. The highest BCUT2D eigenvalue weighted by atomic mass is 32.1. The summed E-state index contributed by atoms with van der Waals surface area (Å²) in [6.07, 6.45) is 0. The van der Waals surface area contributed by atoms with Crippen molar-refractivity contribution >= 4 is 45.5 Å². The lowest BCUT2D eigenvalue weighted by Gasteiger charge is -2.07. The molecule has 4 rings (SSSR count). The molecule has 29 heavy (non-hydrogen) atoms. The number of hydrogen-bond acceptors (Lipinski definition) is 5. The van der Waals surface area contributed by atoms with Crippen LogP contribution in [0.1, 0.15) is 22.8 Å². The van der Waals surface area contributed by atoms with E-state index in [2.05, 4.69) is 15.3 Å². The van der Waals surface area contributed by atoms with Crippen molar-refractivity contribution in [1.82, 2.24) is 14.5 Å². The zero-order valence-electron chi connectivity index (χ0n) is 15.9. The molecule has 2 heterocycles. The number of carbonyl (C=O) groups is 1. The first-order valence-electron chi connectivity index (χ1n) is 9.07. The van der Waals surface area contributed by atoms with Gasteiger partial charge in [0.25, 0.3) is 11.5 Å². The summed E-state index contributed by atoms with van der Waals surface area (Å²) in [5.41, 5.74) is 3.78.